The highest BCUT2D eigenvalue weighted by molar-refractivity contribution is 5.61. The Morgan fingerprint density at radius 2 is 1.62 bits per heavy atom. The van der Waals surface area contributed by atoms with Crippen LogP contribution in [-0.2, 0) is 11.7 Å². The Morgan fingerprint density at radius 1 is 1.05 bits per heavy atom. The van der Waals surface area contributed by atoms with Gasteiger partial charge in [-0.25, -0.2) is 0 Å². The van der Waals surface area contributed by atoms with E-state index in [1.165, 1.54) is 11.8 Å². The summed E-state index contributed by atoms with van der Waals surface area (Å²) >= 11 is 0. The van der Waals surface area contributed by atoms with Gasteiger partial charge < -0.3 is 4.74 Å². The van der Waals surface area contributed by atoms with Crippen molar-refractivity contribution in [2.24, 2.45) is 0 Å². The van der Waals surface area contributed by atoms with Gasteiger partial charge in [0.1, 0.15) is 5.75 Å². The fourth-order valence-electron chi connectivity index (χ4n) is 2.00. The second-order valence-electron chi connectivity index (χ2n) is 5.72. The zero-order valence-electron chi connectivity index (χ0n) is 12.3. The summed E-state index contributed by atoms with van der Waals surface area (Å²) in [6, 6.07) is 7.94. The number of hydrogen-bond acceptors (Lipinski definition) is 2. The second kappa shape index (κ2) is 5.09. The summed E-state index contributed by atoms with van der Waals surface area (Å²) in [4.78, 5) is 0. The number of halogens is 3. The Labute approximate surface area is 121 Å². The maximum absolute atomic E-state index is 12.9. The Kier molecular flexibility index (Phi) is 3.74. The predicted octanol–water partition coefficient (Wildman–Crippen LogP) is 4.33. The summed E-state index contributed by atoms with van der Waals surface area (Å²) in [7, 11) is 1.54. The van der Waals surface area contributed by atoms with Crippen LogP contribution in [0.5, 0.6) is 5.75 Å². The molecule has 0 unspecified atom stereocenters. The number of nitrogens with zero attached hydrogens (tertiary/aromatic N) is 2. The molecule has 1 aromatic heterocycles. The molecule has 2 aromatic rings. The van der Waals surface area contributed by atoms with E-state index in [-0.39, 0.29) is 0 Å². The molecule has 0 N–H and O–H groups in total. The molecule has 0 aliphatic rings. The maximum Gasteiger partial charge on any atom is 0.435 e. The molecule has 6 heteroatoms. The van der Waals surface area contributed by atoms with Crippen LogP contribution < -0.4 is 4.74 Å². The number of methoxy groups -OCH3 is 1. The molecule has 2 rings (SSSR count). The van der Waals surface area contributed by atoms with Crippen LogP contribution in [0, 0.1) is 0 Å². The quantitative estimate of drug-likeness (QED) is 0.825. The first kappa shape index (κ1) is 15.4. The van der Waals surface area contributed by atoms with E-state index in [0.29, 0.717) is 17.0 Å². The van der Waals surface area contributed by atoms with E-state index in [0.717, 1.165) is 6.07 Å². The molecule has 1 heterocycles. The lowest BCUT2D eigenvalue weighted by atomic mass is 10.1. The van der Waals surface area contributed by atoms with Crippen molar-refractivity contribution < 1.29 is 17.9 Å². The summed E-state index contributed by atoms with van der Waals surface area (Å²) in [6.07, 6.45) is -4.46. The van der Waals surface area contributed by atoms with Crippen LogP contribution in [0.15, 0.2) is 30.3 Å². The predicted molar refractivity (Wildman–Crippen MR) is 74.2 cm³/mol. The van der Waals surface area contributed by atoms with E-state index in [9.17, 15) is 13.2 Å². The average molecular weight is 298 g/mol. The van der Waals surface area contributed by atoms with E-state index in [1.54, 1.807) is 24.3 Å². The van der Waals surface area contributed by atoms with Crippen LogP contribution in [0.1, 0.15) is 26.5 Å². The van der Waals surface area contributed by atoms with Crippen molar-refractivity contribution in [3.63, 3.8) is 0 Å². The van der Waals surface area contributed by atoms with Crippen LogP contribution in [0.4, 0.5) is 13.2 Å². The molecule has 0 amide bonds. The largest absolute Gasteiger partial charge is 0.497 e. The highest BCUT2D eigenvalue weighted by atomic mass is 19.4. The fraction of sp³-hybridized carbons (Fsp3) is 0.400. The van der Waals surface area contributed by atoms with Crippen molar-refractivity contribution in [1.82, 2.24) is 9.78 Å². The molecule has 21 heavy (non-hydrogen) atoms. The van der Waals surface area contributed by atoms with Gasteiger partial charge in [0.15, 0.2) is 5.69 Å². The topological polar surface area (TPSA) is 27.1 Å². The zero-order chi connectivity index (χ0) is 15.8. The van der Waals surface area contributed by atoms with Gasteiger partial charge in [-0.2, -0.15) is 18.3 Å². The number of ether oxygens (including phenoxy) is 1. The monoisotopic (exact) mass is 298 g/mol. The standard InChI is InChI=1S/C15H17F3N2O/c1-14(2,3)20-12(9-13(19-20)15(16,17)18)10-5-7-11(21-4)8-6-10/h5-9H,1-4H3. The van der Waals surface area contributed by atoms with Gasteiger partial charge in [0.05, 0.1) is 18.3 Å². The van der Waals surface area contributed by atoms with Crippen molar-refractivity contribution in [3.05, 3.63) is 36.0 Å². The zero-order valence-corrected chi connectivity index (χ0v) is 12.3. The molecule has 114 valence electrons. The minimum Gasteiger partial charge on any atom is -0.497 e. The number of alkyl halides is 3. The summed E-state index contributed by atoms with van der Waals surface area (Å²) in [5.74, 6) is 0.650. The summed E-state index contributed by atoms with van der Waals surface area (Å²) in [5, 5.41) is 3.73. The molecule has 0 saturated carbocycles. The van der Waals surface area contributed by atoms with Crippen molar-refractivity contribution in [1.29, 1.82) is 0 Å². The summed E-state index contributed by atoms with van der Waals surface area (Å²) in [6.45, 7) is 5.44. The molecule has 1 aromatic carbocycles. The van der Waals surface area contributed by atoms with E-state index in [1.807, 2.05) is 20.8 Å². The summed E-state index contributed by atoms with van der Waals surface area (Å²) in [5.41, 5.74) is -0.354. The molecular weight excluding hydrogens is 281 g/mol. The van der Waals surface area contributed by atoms with E-state index in [4.69, 9.17) is 4.74 Å². The van der Waals surface area contributed by atoms with Gasteiger partial charge in [-0.05, 0) is 51.1 Å². The average Bonchev–Trinajstić information content (AvgIpc) is 2.83. The van der Waals surface area contributed by atoms with E-state index in [2.05, 4.69) is 5.10 Å². The third-order valence-electron chi connectivity index (χ3n) is 3.02. The first-order valence-electron chi connectivity index (χ1n) is 6.45. The fourth-order valence-corrected chi connectivity index (χ4v) is 2.00. The minimum absolute atomic E-state index is 0.428. The van der Waals surface area contributed by atoms with Crippen LogP contribution in [0.25, 0.3) is 11.3 Å². The van der Waals surface area contributed by atoms with Crippen molar-refractivity contribution >= 4 is 0 Å². The van der Waals surface area contributed by atoms with Crippen LogP contribution in [-0.4, -0.2) is 16.9 Å². The Hall–Kier alpha value is -1.98. The molecule has 0 aliphatic carbocycles. The van der Waals surface area contributed by atoms with Gasteiger partial charge in [0.25, 0.3) is 0 Å². The smallest absolute Gasteiger partial charge is 0.435 e. The molecule has 0 aliphatic heterocycles. The van der Waals surface area contributed by atoms with Crippen molar-refractivity contribution in [3.8, 4) is 17.0 Å². The van der Waals surface area contributed by atoms with Gasteiger partial charge in [-0.3, -0.25) is 4.68 Å². The number of aromatic nitrogens is 2. The molecule has 0 radical (unpaired) electrons. The minimum atomic E-state index is -4.46. The van der Waals surface area contributed by atoms with Crippen LogP contribution in [0.3, 0.4) is 0 Å². The highest BCUT2D eigenvalue weighted by Crippen LogP contribution is 2.34. The number of benzene rings is 1. The Bertz CT molecular complexity index is 622. The number of rotatable bonds is 2. The van der Waals surface area contributed by atoms with Gasteiger partial charge >= 0.3 is 6.18 Å². The third kappa shape index (κ3) is 3.20. The normalized spacial score (nSPS) is 12.5. The Morgan fingerprint density at radius 3 is 2.05 bits per heavy atom. The molecule has 0 saturated heterocycles. The Balaban J connectivity index is 2.57. The summed E-state index contributed by atoms with van der Waals surface area (Å²) < 4.78 is 45.2. The van der Waals surface area contributed by atoms with Gasteiger partial charge in [0.2, 0.25) is 0 Å². The third-order valence-corrected chi connectivity index (χ3v) is 3.02. The van der Waals surface area contributed by atoms with E-state index >= 15 is 0 Å². The first-order chi connectivity index (χ1) is 9.63. The maximum atomic E-state index is 12.9. The number of hydrogen-bond donors (Lipinski definition) is 0. The van der Waals surface area contributed by atoms with Crippen LogP contribution >= 0.6 is 0 Å². The van der Waals surface area contributed by atoms with Crippen LogP contribution in [0.2, 0.25) is 0 Å². The molecule has 0 spiro atoms. The lowest BCUT2D eigenvalue weighted by Gasteiger charge is -2.22. The lowest BCUT2D eigenvalue weighted by molar-refractivity contribution is -0.141. The molecule has 0 fully saturated rings. The van der Waals surface area contributed by atoms with Crippen molar-refractivity contribution in [2.45, 2.75) is 32.5 Å². The molecular formula is C15H17F3N2O. The highest BCUT2D eigenvalue weighted by Gasteiger charge is 2.36. The lowest BCUT2D eigenvalue weighted by Crippen LogP contribution is -2.24. The van der Waals surface area contributed by atoms with Gasteiger partial charge in [-0.15, -0.1) is 0 Å². The molecule has 3 nitrogen and oxygen atoms in total. The van der Waals surface area contributed by atoms with E-state index < -0.39 is 17.4 Å². The molecule has 0 bridgehead atoms. The first-order valence-corrected chi connectivity index (χ1v) is 6.45. The molecule has 0 atom stereocenters. The van der Waals surface area contributed by atoms with Crippen molar-refractivity contribution in [2.75, 3.05) is 7.11 Å². The SMILES string of the molecule is COc1ccc(-c2cc(C(F)(F)F)nn2C(C)(C)C)cc1. The van der Waals surface area contributed by atoms with Gasteiger partial charge in [0, 0.05) is 5.56 Å². The van der Waals surface area contributed by atoms with Gasteiger partial charge in [-0.1, -0.05) is 0 Å². The second-order valence-corrected chi connectivity index (χ2v) is 5.72.